The number of esters is 1. The minimum atomic E-state index is -0.399. The van der Waals surface area contributed by atoms with Crippen molar-refractivity contribution in [3.63, 3.8) is 0 Å². The molecule has 0 aliphatic carbocycles. The van der Waals surface area contributed by atoms with Gasteiger partial charge in [0.2, 0.25) is 5.91 Å². The van der Waals surface area contributed by atoms with Crippen molar-refractivity contribution in [2.45, 2.75) is 11.8 Å². The molecule has 0 unspecified atom stereocenters. The molecule has 0 heterocycles. The van der Waals surface area contributed by atoms with E-state index in [0.29, 0.717) is 40.6 Å². The van der Waals surface area contributed by atoms with Crippen molar-refractivity contribution in [1.29, 1.82) is 0 Å². The average Bonchev–Trinajstić information content (AvgIpc) is 2.88. The van der Waals surface area contributed by atoms with E-state index in [1.165, 1.54) is 26.0 Å². The zero-order valence-electron chi connectivity index (χ0n) is 19.6. The van der Waals surface area contributed by atoms with Crippen LogP contribution in [0.1, 0.15) is 27.6 Å². The molecule has 2 amide bonds. The summed E-state index contributed by atoms with van der Waals surface area (Å²) in [4.78, 5) is 37.4. The number of nitrogens with one attached hydrogen (secondary N) is 2. The van der Waals surface area contributed by atoms with Crippen molar-refractivity contribution in [2.75, 3.05) is 37.2 Å². The van der Waals surface area contributed by atoms with Gasteiger partial charge in [0.15, 0.2) is 11.5 Å². The summed E-state index contributed by atoms with van der Waals surface area (Å²) < 4.78 is 15.4. The van der Waals surface area contributed by atoms with Crippen LogP contribution in [0.15, 0.2) is 71.6 Å². The van der Waals surface area contributed by atoms with Gasteiger partial charge >= 0.3 is 5.97 Å². The summed E-state index contributed by atoms with van der Waals surface area (Å²) in [5.74, 6) is 0.369. The molecule has 0 bridgehead atoms. The monoisotopic (exact) mass is 494 g/mol. The molecule has 8 nitrogen and oxygen atoms in total. The van der Waals surface area contributed by atoms with Crippen LogP contribution in [0.25, 0.3) is 0 Å². The van der Waals surface area contributed by atoms with E-state index in [4.69, 9.17) is 14.2 Å². The van der Waals surface area contributed by atoms with Crippen LogP contribution >= 0.6 is 11.8 Å². The SMILES string of the molecule is CCOC(=O)c1ccc(NC(=O)CSc2ccc(NC(=O)c3ccc(OC)c(OC)c3)cc2)cc1. The number of amides is 2. The van der Waals surface area contributed by atoms with Gasteiger partial charge in [-0.05, 0) is 73.7 Å². The lowest BCUT2D eigenvalue weighted by molar-refractivity contribution is -0.113. The molecule has 3 rings (SSSR count). The van der Waals surface area contributed by atoms with Crippen LogP contribution < -0.4 is 20.1 Å². The minimum Gasteiger partial charge on any atom is -0.493 e. The lowest BCUT2D eigenvalue weighted by atomic mass is 10.2. The average molecular weight is 495 g/mol. The van der Waals surface area contributed by atoms with E-state index in [1.54, 1.807) is 61.5 Å². The second kappa shape index (κ2) is 12.5. The van der Waals surface area contributed by atoms with Crippen molar-refractivity contribution < 1.29 is 28.6 Å². The Labute approximate surface area is 208 Å². The van der Waals surface area contributed by atoms with Gasteiger partial charge in [-0.15, -0.1) is 11.8 Å². The number of carbonyl (C=O) groups is 3. The number of carbonyl (C=O) groups excluding carboxylic acids is 3. The summed E-state index contributed by atoms with van der Waals surface area (Å²) in [5.41, 5.74) is 2.09. The first-order chi connectivity index (χ1) is 16.9. The Morgan fingerprint density at radius 3 is 2.00 bits per heavy atom. The van der Waals surface area contributed by atoms with E-state index in [-0.39, 0.29) is 17.6 Å². The number of methoxy groups -OCH3 is 2. The molecule has 35 heavy (non-hydrogen) atoms. The normalized spacial score (nSPS) is 10.3. The zero-order valence-corrected chi connectivity index (χ0v) is 20.4. The zero-order chi connectivity index (χ0) is 25.2. The second-order valence-electron chi connectivity index (χ2n) is 7.18. The molecule has 182 valence electrons. The first-order valence-corrected chi connectivity index (χ1v) is 11.7. The van der Waals surface area contributed by atoms with Crippen LogP contribution in [0.4, 0.5) is 11.4 Å². The molecule has 0 fully saturated rings. The Balaban J connectivity index is 1.50. The first-order valence-electron chi connectivity index (χ1n) is 10.8. The maximum atomic E-state index is 12.6. The molecule has 9 heteroatoms. The highest BCUT2D eigenvalue weighted by molar-refractivity contribution is 8.00. The number of thioether (sulfide) groups is 1. The number of rotatable bonds is 10. The van der Waals surface area contributed by atoms with Gasteiger partial charge in [-0.25, -0.2) is 4.79 Å². The summed E-state index contributed by atoms with van der Waals surface area (Å²) in [5, 5.41) is 5.63. The molecule has 0 aromatic heterocycles. The molecule has 0 saturated heterocycles. The topological polar surface area (TPSA) is 103 Å². The molecule has 2 N–H and O–H groups in total. The highest BCUT2D eigenvalue weighted by Gasteiger charge is 2.12. The first kappa shape index (κ1) is 25.6. The Kier molecular flexibility index (Phi) is 9.14. The quantitative estimate of drug-likeness (QED) is 0.306. The number of hydrogen-bond acceptors (Lipinski definition) is 7. The van der Waals surface area contributed by atoms with Crippen molar-refractivity contribution >= 4 is 40.9 Å². The molecule has 3 aromatic carbocycles. The van der Waals surface area contributed by atoms with E-state index >= 15 is 0 Å². The summed E-state index contributed by atoms with van der Waals surface area (Å²) in [6.07, 6.45) is 0. The van der Waals surface area contributed by atoms with Gasteiger partial charge in [0.25, 0.3) is 5.91 Å². The molecule has 0 aliphatic rings. The van der Waals surface area contributed by atoms with Gasteiger partial charge in [-0.2, -0.15) is 0 Å². The van der Waals surface area contributed by atoms with Crippen LogP contribution in [-0.2, 0) is 9.53 Å². The minimum absolute atomic E-state index is 0.176. The fourth-order valence-corrected chi connectivity index (χ4v) is 3.76. The third kappa shape index (κ3) is 7.25. The largest absolute Gasteiger partial charge is 0.493 e. The third-order valence-corrected chi connectivity index (χ3v) is 5.82. The summed E-state index contributed by atoms with van der Waals surface area (Å²) >= 11 is 1.37. The van der Waals surface area contributed by atoms with Crippen molar-refractivity contribution in [1.82, 2.24) is 0 Å². The smallest absolute Gasteiger partial charge is 0.338 e. The van der Waals surface area contributed by atoms with Crippen LogP contribution in [0, 0.1) is 0 Å². The van der Waals surface area contributed by atoms with Crippen molar-refractivity contribution in [3.8, 4) is 11.5 Å². The van der Waals surface area contributed by atoms with Gasteiger partial charge in [0.05, 0.1) is 32.1 Å². The molecule has 0 atom stereocenters. The highest BCUT2D eigenvalue weighted by atomic mass is 32.2. The maximum Gasteiger partial charge on any atom is 0.338 e. The Hall–Kier alpha value is -3.98. The van der Waals surface area contributed by atoms with E-state index in [2.05, 4.69) is 10.6 Å². The lowest BCUT2D eigenvalue weighted by Crippen LogP contribution is -2.14. The van der Waals surface area contributed by atoms with Crippen LogP contribution in [0.2, 0.25) is 0 Å². The molecular formula is C26H26N2O6S. The highest BCUT2D eigenvalue weighted by Crippen LogP contribution is 2.28. The van der Waals surface area contributed by atoms with Crippen LogP contribution in [0.5, 0.6) is 11.5 Å². The maximum absolute atomic E-state index is 12.6. The molecular weight excluding hydrogens is 468 g/mol. The number of benzene rings is 3. The Bertz CT molecular complexity index is 1180. The molecule has 0 radical (unpaired) electrons. The molecule has 0 spiro atoms. The number of anilines is 2. The Morgan fingerprint density at radius 2 is 1.37 bits per heavy atom. The van der Waals surface area contributed by atoms with E-state index in [0.717, 1.165) is 4.90 Å². The number of hydrogen-bond donors (Lipinski definition) is 2. The van der Waals surface area contributed by atoms with E-state index in [9.17, 15) is 14.4 Å². The predicted octanol–water partition coefficient (Wildman–Crippen LogP) is 4.86. The molecule has 0 saturated carbocycles. The summed E-state index contributed by atoms with van der Waals surface area (Å²) in [7, 11) is 3.05. The van der Waals surface area contributed by atoms with Crippen LogP contribution in [0.3, 0.4) is 0 Å². The van der Waals surface area contributed by atoms with Crippen molar-refractivity contribution in [3.05, 3.63) is 77.9 Å². The van der Waals surface area contributed by atoms with Gasteiger partial charge in [-0.3, -0.25) is 9.59 Å². The van der Waals surface area contributed by atoms with Gasteiger partial charge in [0.1, 0.15) is 0 Å². The fourth-order valence-electron chi connectivity index (χ4n) is 3.07. The van der Waals surface area contributed by atoms with Crippen molar-refractivity contribution in [2.24, 2.45) is 0 Å². The molecule has 3 aromatic rings. The third-order valence-electron chi connectivity index (χ3n) is 4.81. The lowest BCUT2D eigenvalue weighted by Gasteiger charge is -2.10. The van der Waals surface area contributed by atoms with Gasteiger partial charge in [-0.1, -0.05) is 0 Å². The predicted molar refractivity (Wildman–Crippen MR) is 136 cm³/mol. The second-order valence-corrected chi connectivity index (χ2v) is 8.23. The van der Waals surface area contributed by atoms with E-state index < -0.39 is 5.97 Å². The summed E-state index contributed by atoms with van der Waals surface area (Å²) in [6, 6.07) is 18.7. The summed E-state index contributed by atoms with van der Waals surface area (Å²) in [6.45, 7) is 2.05. The van der Waals surface area contributed by atoms with E-state index in [1.807, 2.05) is 12.1 Å². The number of ether oxygens (including phenoxy) is 3. The van der Waals surface area contributed by atoms with Gasteiger partial charge < -0.3 is 24.8 Å². The van der Waals surface area contributed by atoms with Crippen LogP contribution in [-0.4, -0.2) is 44.4 Å². The molecule has 0 aliphatic heterocycles. The fraction of sp³-hybridized carbons (Fsp3) is 0.192. The standard InChI is InChI=1S/C26H26N2O6S/c1-4-34-26(31)17-5-8-19(9-6-17)27-24(29)16-35-21-12-10-20(11-13-21)28-25(30)18-7-14-22(32-2)23(15-18)33-3/h5-15H,4,16H2,1-3H3,(H,27,29)(H,28,30). The van der Waals surface area contributed by atoms with Gasteiger partial charge in [0, 0.05) is 21.8 Å². The Morgan fingerprint density at radius 1 is 0.771 bits per heavy atom.